The van der Waals surface area contributed by atoms with Crippen LogP contribution in [0.3, 0.4) is 0 Å². The van der Waals surface area contributed by atoms with Gasteiger partial charge in [-0.2, -0.15) is 4.98 Å². The molecule has 124 valence electrons. The van der Waals surface area contributed by atoms with Gasteiger partial charge in [0.1, 0.15) is 5.82 Å². The van der Waals surface area contributed by atoms with Crippen LogP contribution in [0.25, 0.3) is 0 Å². The number of likely N-dealkylation sites (tertiary alicyclic amines) is 1. The van der Waals surface area contributed by atoms with E-state index in [1.165, 1.54) is 25.5 Å². The van der Waals surface area contributed by atoms with Crippen LogP contribution in [-0.2, 0) is 13.0 Å². The zero-order valence-electron chi connectivity index (χ0n) is 13.7. The topological polar surface area (TPSA) is 45.4 Å². The highest BCUT2D eigenvalue weighted by Crippen LogP contribution is 2.16. The molecule has 0 aliphatic carbocycles. The van der Waals surface area contributed by atoms with Crippen molar-refractivity contribution in [1.82, 2.24) is 19.9 Å². The summed E-state index contributed by atoms with van der Waals surface area (Å²) in [6, 6.07) is 7.27. The minimum absolute atomic E-state index is 0.236. The van der Waals surface area contributed by atoms with E-state index in [2.05, 4.69) is 34.0 Å². The lowest BCUT2D eigenvalue weighted by atomic mass is 10.1. The molecule has 0 saturated carbocycles. The summed E-state index contributed by atoms with van der Waals surface area (Å²) in [5.74, 6) is 0.871. The normalized spacial score (nSPS) is 18.9. The molecule has 1 aromatic heterocycles. The van der Waals surface area contributed by atoms with Crippen LogP contribution in [-0.4, -0.2) is 53.2 Å². The second kappa shape index (κ2) is 7.19. The molecule has 1 aliphatic heterocycles. The third-order valence-corrected chi connectivity index (χ3v) is 4.42. The number of hydrogen-bond donors (Lipinski definition) is 0. The molecule has 6 heteroatoms. The van der Waals surface area contributed by atoms with E-state index >= 15 is 0 Å². The van der Waals surface area contributed by atoms with Crippen molar-refractivity contribution in [1.29, 1.82) is 0 Å². The Morgan fingerprint density at radius 1 is 1.39 bits per heavy atom. The van der Waals surface area contributed by atoms with E-state index in [4.69, 9.17) is 4.52 Å². The van der Waals surface area contributed by atoms with Crippen molar-refractivity contribution in [3.8, 4) is 0 Å². The van der Waals surface area contributed by atoms with Gasteiger partial charge in [0.05, 0.1) is 6.54 Å². The van der Waals surface area contributed by atoms with Gasteiger partial charge >= 0.3 is 0 Å². The molecule has 1 atom stereocenters. The number of rotatable bonds is 6. The van der Waals surface area contributed by atoms with Crippen molar-refractivity contribution in [2.45, 2.75) is 31.8 Å². The van der Waals surface area contributed by atoms with Crippen molar-refractivity contribution in [2.24, 2.45) is 0 Å². The fourth-order valence-electron chi connectivity index (χ4n) is 3.10. The minimum Gasteiger partial charge on any atom is -0.338 e. The lowest BCUT2D eigenvalue weighted by Gasteiger charge is -2.24. The van der Waals surface area contributed by atoms with Gasteiger partial charge < -0.3 is 9.42 Å². The van der Waals surface area contributed by atoms with Crippen LogP contribution >= 0.6 is 0 Å². The van der Waals surface area contributed by atoms with Gasteiger partial charge in [-0.25, -0.2) is 4.39 Å². The molecule has 0 unspecified atom stereocenters. The van der Waals surface area contributed by atoms with E-state index in [1.54, 1.807) is 12.1 Å². The number of nitrogens with zero attached hydrogens (tertiary/aromatic N) is 4. The molecular formula is C17H23FN4O. The monoisotopic (exact) mass is 318 g/mol. The molecule has 0 spiro atoms. The predicted molar refractivity (Wildman–Crippen MR) is 85.5 cm³/mol. The first-order valence-corrected chi connectivity index (χ1v) is 8.05. The molecule has 1 fully saturated rings. The van der Waals surface area contributed by atoms with E-state index in [0.29, 0.717) is 36.3 Å². The number of hydrogen-bond acceptors (Lipinski definition) is 5. The van der Waals surface area contributed by atoms with Crippen LogP contribution < -0.4 is 0 Å². The van der Waals surface area contributed by atoms with Gasteiger partial charge in [0.2, 0.25) is 5.89 Å². The highest BCUT2D eigenvalue weighted by molar-refractivity contribution is 5.20. The first-order valence-electron chi connectivity index (χ1n) is 8.05. The maximum Gasteiger partial charge on any atom is 0.240 e. The number of benzene rings is 1. The lowest BCUT2D eigenvalue weighted by molar-refractivity contribution is 0.198. The number of halogens is 1. The average molecular weight is 318 g/mol. The molecule has 1 saturated heterocycles. The van der Waals surface area contributed by atoms with Gasteiger partial charge in [-0.15, -0.1) is 0 Å². The van der Waals surface area contributed by atoms with Crippen LogP contribution in [0.15, 0.2) is 28.8 Å². The molecule has 23 heavy (non-hydrogen) atoms. The van der Waals surface area contributed by atoms with Crippen molar-refractivity contribution < 1.29 is 8.91 Å². The fraction of sp³-hybridized carbons (Fsp3) is 0.529. The first-order chi connectivity index (χ1) is 11.1. The van der Waals surface area contributed by atoms with E-state index < -0.39 is 0 Å². The Morgan fingerprint density at radius 2 is 2.22 bits per heavy atom. The van der Waals surface area contributed by atoms with Gasteiger partial charge in [-0.3, -0.25) is 4.90 Å². The Balaban J connectivity index is 1.55. The van der Waals surface area contributed by atoms with Crippen molar-refractivity contribution in [3.05, 3.63) is 47.4 Å². The lowest BCUT2D eigenvalue weighted by Crippen LogP contribution is -2.36. The highest BCUT2D eigenvalue weighted by atomic mass is 19.1. The van der Waals surface area contributed by atoms with Gasteiger partial charge in [0.25, 0.3) is 0 Å². The third-order valence-electron chi connectivity index (χ3n) is 4.42. The molecular weight excluding hydrogens is 295 g/mol. The van der Waals surface area contributed by atoms with E-state index in [9.17, 15) is 4.39 Å². The molecule has 1 aliphatic rings. The average Bonchev–Trinajstić information content (AvgIpc) is 3.11. The molecule has 0 radical (unpaired) electrons. The Bertz CT molecular complexity index is 645. The minimum atomic E-state index is -0.236. The Labute approximate surface area is 136 Å². The quantitative estimate of drug-likeness (QED) is 0.818. The summed E-state index contributed by atoms with van der Waals surface area (Å²) in [7, 11) is 4.23. The summed E-state index contributed by atoms with van der Waals surface area (Å²) in [6.07, 6.45) is 2.86. The number of aromatic nitrogens is 2. The van der Waals surface area contributed by atoms with Crippen LogP contribution in [0, 0.1) is 5.82 Å². The maximum absolute atomic E-state index is 13.7. The SMILES string of the molecule is CN(Cc1nc(Cc2ccccc2F)no1)C[C@H]1CCCN1C. The summed E-state index contributed by atoms with van der Waals surface area (Å²) < 4.78 is 19.0. The van der Waals surface area contributed by atoms with Crippen LogP contribution in [0.5, 0.6) is 0 Å². The zero-order valence-corrected chi connectivity index (χ0v) is 13.7. The van der Waals surface area contributed by atoms with Gasteiger partial charge in [-0.1, -0.05) is 23.4 Å². The molecule has 2 aromatic rings. The molecule has 0 bridgehead atoms. The summed E-state index contributed by atoms with van der Waals surface area (Å²) in [5.41, 5.74) is 0.584. The fourth-order valence-corrected chi connectivity index (χ4v) is 3.10. The third kappa shape index (κ3) is 4.14. The van der Waals surface area contributed by atoms with Gasteiger partial charge in [0, 0.05) is 19.0 Å². The molecule has 5 nitrogen and oxygen atoms in total. The van der Waals surface area contributed by atoms with E-state index in [-0.39, 0.29) is 5.82 Å². The van der Waals surface area contributed by atoms with Crippen LogP contribution in [0.1, 0.15) is 30.1 Å². The second-order valence-electron chi connectivity index (χ2n) is 6.35. The van der Waals surface area contributed by atoms with Crippen LogP contribution in [0.2, 0.25) is 0 Å². The standard InChI is InChI=1S/C17H23FN4O/c1-21(11-14-7-5-9-22(14)2)12-17-19-16(20-23-17)10-13-6-3-4-8-15(13)18/h3-4,6,8,14H,5,7,9-12H2,1-2H3/t14-/m1/s1. The Hall–Kier alpha value is -1.79. The molecule has 1 aromatic carbocycles. The predicted octanol–water partition coefficient (Wildman–Crippen LogP) is 2.33. The smallest absolute Gasteiger partial charge is 0.240 e. The van der Waals surface area contributed by atoms with Gasteiger partial charge in [-0.05, 0) is 45.1 Å². The van der Waals surface area contributed by atoms with Crippen LogP contribution in [0.4, 0.5) is 4.39 Å². The maximum atomic E-state index is 13.7. The summed E-state index contributed by atoms with van der Waals surface area (Å²) in [5, 5.41) is 3.96. The van der Waals surface area contributed by atoms with Crippen molar-refractivity contribution >= 4 is 0 Å². The molecule has 2 heterocycles. The number of likely N-dealkylation sites (N-methyl/N-ethyl adjacent to an activating group) is 2. The second-order valence-corrected chi connectivity index (χ2v) is 6.35. The van der Waals surface area contributed by atoms with Crippen molar-refractivity contribution in [3.63, 3.8) is 0 Å². The van der Waals surface area contributed by atoms with Gasteiger partial charge in [0.15, 0.2) is 5.82 Å². The first kappa shape index (κ1) is 16.1. The molecule has 0 amide bonds. The summed E-state index contributed by atoms with van der Waals surface area (Å²) >= 11 is 0. The molecule has 3 rings (SSSR count). The zero-order chi connectivity index (χ0) is 16.2. The summed E-state index contributed by atoms with van der Waals surface area (Å²) in [6.45, 7) is 2.78. The summed E-state index contributed by atoms with van der Waals surface area (Å²) in [4.78, 5) is 8.98. The molecule has 0 N–H and O–H groups in total. The highest BCUT2D eigenvalue weighted by Gasteiger charge is 2.22. The van der Waals surface area contributed by atoms with E-state index in [0.717, 1.165) is 6.54 Å². The Kier molecular flexibility index (Phi) is 5.03. The van der Waals surface area contributed by atoms with Crippen molar-refractivity contribution in [2.75, 3.05) is 27.2 Å². The van der Waals surface area contributed by atoms with E-state index in [1.807, 2.05) is 6.07 Å². The Morgan fingerprint density at radius 3 is 2.96 bits per heavy atom. The largest absolute Gasteiger partial charge is 0.338 e.